The van der Waals surface area contributed by atoms with Gasteiger partial charge in [0.1, 0.15) is 11.6 Å². The second-order valence-corrected chi connectivity index (χ2v) is 4.16. The number of hydrogen-bond acceptors (Lipinski definition) is 5. The Hall–Kier alpha value is -1.36. The van der Waals surface area contributed by atoms with Crippen molar-refractivity contribution >= 4 is 11.6 Å². The Morgan fingerprint density at radius 2 is 2.38 bits per heavy atom. The summed E-state index contributed by atoms with van der Waals surface area (Å²) >= 11 is 0. The Bertz CT molecular complexity index is 358. The van der Waals surface area contributed by atoms with Gasteiger partial charge in [0, 0.05) is 6.54 Å². The van der Waals surface area contributed by atoms with Crippen molar-refractivity contribution in [1.29, 1.82) is 0 Å². The zero-order valence-electron chi connectivity index (χ0n) is 9.76. The van der Waals surface area contributed by atoms with E-state index in [1.807, 2.05) is 0 Å². The first-order chi connectivity index (χ1) is 7.70. The zero-order valence-corrected chi connectivity index (χ0v) is 9.76. The molecule has 0 spiro atoms. The molecule has 2 unspecified atom stereocenters. The monoisotopic (exact) mass is 222 g/mol. The van der Waals surface area contributed by atoms with Crippen LogP contribution >= 0.6 is 0 Å². The van der Waals surface area contributed by atoms with Crippen LogP contribution in [0.15, 0.2) is 12.4 Å². The summed E-state index contributed by atoms with van der Waals surface area (Å²) in [7, 11) is 0. The van der Waals surface area contributed by atoms with Crippen LogP contribution in [0.4, 0.5) is 11.6 Å². The van der Waals surface area contributed by atoms with Crippen LogP contribution in [0.25, 0.3) is 0 Å². The van der Waals surface area contributed by atoms with E-state index in [2.05, 4.69) is 28.7 Å². The number of nitrogens with two attached hydrogens (primary N) is 1. The van der Waals surface area contributed by atoms with Crippen LogP contribution < -0.4 is 10.6 Å². The standard InChI is InChI=1S/C11H18N4O/c1-3-9-7-16-8(2)6-15(9)11-5-13-4-10(12)14-11/h4-5,8-9H,3,6-7H2,1-2H3,(H2,12,14). The van der Waals surface area contributed by atoms with E-state index in [1.165, 1.54) is 0 Å². The van der Waals surface area contributed by atoms with Gasteiger partial charge in [-0.2, -0.15) is 0 Å². The molecule has 0 bridgehead atoms. The molecule has 1 aliphatic rings. The molecule has 2 rings (SSSR count). The smallest absolute Gasteiger partial charge is 0.149 e. The first kappa shape index (κ1) is 11.1. The average molecular weight is 222 g/mol. The summed E-state index contributed by atoms with van der Waals surface area (Å²) in [6, 6.07) is 0.368. The summed E-state index contributed by atoms with van der Waals surface area (Å²) in [6.45, 7) is 5.81. The van der Waals surface area contributed by atoms with Crippen LogP contribution in [0, 0.1) is 0 Å². The number of morpholine rings is 1. The fraction of sp³-hybridized carbons (Fsp3) is 0.636. The molecular weight excluding hydrogens is 204 g/mol. The van der Waals surface area contributed by atoms with Gasteiger partial charge in [-0.05, 0) is 13.3 Å². The van der Waals surface area contributed by atoms with Gasteiger partial charge < -0.3 is 15.4 Å². The van der Waals surface area contributed by atoms with E-state index >= 15 is 0 Å². The van der Waals surface area contributed by atoms with Gasteiger partial charge in [-0.1, -0.05) is 6.92 Å². The van der Waals surface area contributed by atoms with Crippen molar-refractivity contribution in [2.75, 3.05) is 23.8 Å². The summed E-state index contributed by atoms with van der Waals surface area (Å²) in [4.78, 5) is 10.6. The topological polar surface area (TPSA) is 64.3 Å². The van der Waals surface area contributed by atoms with Gasteiger partial charge >= 0.3 is 0 Å². The minimum absolute atomic E-state index is 0.228. The molecule has 0 radical (unpaired) electrons. The Labute approximate surface area is 95.6 Å². The number of anilines is 2. The quantitative estimate of drug-likeness (QED) is 0.810. The molecule has 1 fully saturated rings. The van der Waals surface area contributed by atoms with Gasteiger partial charge in [0.25, 0.3) is 0 Å². The highest BCUT2D eigenvalue weighted by molar-refractivity contribution is 5.43. The molecule has 1 aromatic heterocycles. The van der Waals surface area contributed by atoms with E-state index in [9.17, 15) is 0 Å². The average Bonchev–Trinajstić information content (AvgIpc) is 2.29. The van der Waals surface area contributed by atoms with Crippen molar-refractivity contribution < 1.29 is 4.74 Å². The molecule has 0 amide bonds. The highest BCUT2D eigenvalue weighted by Gasteiger charge is 2.26. The number of rotatable bonds is 2. The second kappa shape index (κ2) is 4.65. The third-order valence-electron chi connectivity index (χ3n) is 2.87. The highest BCUT2D eigenvalue weighted by atomic mass is 16.5. The fourth-order valence-electron chi connectivity index (χ4n) is 1.97. The number of nitrogen functional groups attached to an aromatic ring is 1. The lowest BCUT2D eigenvalue weighted by Gasteiger charge is -2.38. The summed E-state index contributed by atoms with van der Waals surface area (Å²) in [6.07, 6.45) is 4.58. The van der Waals surface area contributed by atoms with E-state index in [0.717, 1.165) is 25.4 Å². The Balaban J connectivity index is 2.22. The SMILES string of the molecule is CCC1COC(C)CN1c1cncc(N)n1. The number of ether oxygens (including phenoxy) is 1. The first-order valence-electron chi connectivity index (χ1n) is 5.66. The summed E-state index contributed by atoms with van der Waals surface area (Å²) in [5.74, 6) is 1.31. The maximum Gasteiger partial charge on any atom is 0.149 e. The molecule has 16 heavy (non-hydrogen) atoms. The van der Waals surface area contributed by atoms with E-state index < -0.39 is 0 Å². The van der Waals surface area contributed by atoms with Crippen molar-refractivity contribution in [3.8, 4) is 0 Å². The normalized spacial score (nSPS) is 25.8. The van der Waals surface area contributed by atoms with Crippen molar-refractivity contribution in [1.82, 2.24) is 9.97 Å². The van der Waals surface area contributed by atoms with Crippen LogP contribution in [-0.4, -0.2) is 35.3 Å². The number of nitrogens with zero attached hydrogens (tertiary/aromatic N) is 3. The molecule has 2 N–H and O–H groups in total. The van der Waals surface area contributed by atoms with Gasteiger partial charge in [-0.3, -0.25) is 4.98 Å². The highest BCUT2D eigenvalue weighted by Crippen LogP contribution is 2.21. The molecule has 0 aromatic carbocycles. The van der Waals surface area contributed by atoms with Gasteiger partial charge in [-0.15, -0.1) is 0 Å². The van der Waals surface area contributed by atoms with E-state index in [-0.39, 0.29) is 6.10 Å². The number of aromatic nitrogens is 2. The summed E-state index contributed by atoms with van der Waals surface area (Å²) in [5, 5.41) is 0. The molecule has 88 valence electrons. The molecule has 2 atom stereocenters. The van der Waals surface area contributed by atoms with Gasteiger partial charge in [0.2, 0.25) is 0 Å². The Kier molecular flexibility index (Phi) is 3.24. The lowest BCUT2D eigenvalue weighted by atomic mass is 10.1. The Morgan fingerprint density at radius 1 is 1.56 bits per heavy atom. The van der Waals surface area contributed by atoms with Crippen molar-refractivity contribution in [2.45, 2.75) is 32.4 Å². The second-order valence-electron chi connectivity index (χ2n) is 4.16. The molecule has 1 aromatic rings. The van der Waals surface area contributed by atoms with Crippen LogP contribution in [0.3, 0.4) is 0 Å². The maximum absolute atomic E-state index is 5.66. The predicted octanol–water partition coefficient (Wildman–Crippen LogP) is 1.06. The lowest BCUT2D eigenvalue weighted by Crippen LogP contribution is -2.49. The Morgan fingerprint density at radius 3 is 3.06 bits per heavy atom. The fourth-order valence-corrected chi connectivity index (χ4v) is 1.97. The molecule has 0 saturated carbocycles. The van der Waals surface area contributed by atoms with Gasteiger partial charge in [-0.25, -0.2) is 4.98 Å². The largest absolute Gasteiger partial charge is 0.382 e. The van der Waals surface area contributed by atoms with E-state index in [1.54, 1.807) is 12.4 Å². The molecule has 1 aliphatic heterocycles. The molecule has 5 heteroatoms. The van der Waals surface area contributed by atoms with E-state index in [0.29, 0.717) is 11.9 Å². The predicted molar refractivity (Wildman–Crippen MR) is 63.3 cm³/mol. The lowest BCUT2D eigenvalue weighted by molar-refractivity contribution is 0.0296. The van der Waals surface area contributed by atoms with Crippen molar-refractivity contribution in [3.05, 3.63) is 12.4 Å². The van der Waals surface area contributed by atoms with E-state index in [4.69, 9.17) is 10.5 Å². The van der Waals surface area contributed by atoms with Crippen LogP contribution in [0.2, 0.25) is 0 Å². The van der Waals surface area contributed by atoms with Crippen molar-refractivity contribution in [3.63, 3.8) is 0 Å². The van der Waals surface area contributed by atoms with Gasteiger partial charge in [0.15, 0.2) is 0 Å². The third kappa shape index (κ3) is 2.24. The van der Waals surface area contributed by atoms with Crippen molar-refractivity contribution in [2.24, 2.45) is 0 Å². The van der Waals surface area contributed by atoms with Crippen LogP contribution in [0.5, 0.6) is 0 Å². The minimum atomic E-state index is 0.228. The first-order valence-corrected chi connectivity index (χ1v) is 5.66. The molecule has 5 nitrogen and oxygen atoms in total. The van der Waals surface area contributed by atoms with Crippen LogP contribution in [-0.2, 0) is 4.74 Å². The van der Waals surface area contributed by atoms with Gasteiger partial charge in [0.05, 0.1) is 31.1 Å². The summed E-state index contributed by atoms with van der Waals surface area (Å²) in [5.41, 5.74) is 5.66. The molecule has 1 saturated heterocycles. The van der Waals surface area contributed by atoms with Crippen LogP contribution in [0.1, 0.15) is 20.3 Å². The third-order valence-corrected chi connectivity index (χ3v) is 2.87. The number of hydrogen-bond donors (Lipinski definition) is 1. The zero-order chi connectivity index (χ0) is 11.5. The maximum atomic E-state index is 5.66. The minimum Gasteiger partial charge on any atom is -0.382 e. The molecule has 2 heterocycles. The molecular formula is C11H18N4O. The molecule has 0 aliphatic carbocycles. The summed E-state index contributed by atoms with van der Waals surface area (Å²) < 4.78 is 5.64.